The molecule has 1 N–H and O–H groups in total. The molecule has 0 spiro atoms. The molecular formula is C25H27N3OS2. The molecule has 2 aromatic heterocycles. The molecule has 4 nitrogen and oxygen atoms in total. The van der Waals surface area contributed by atoms with Gasteiger partial charge in [0, 0.05) is 22.5 Å². The Morgan fingerprint density at radius 3 is 2.81 bits per heavy atom. The lowest BCUT2D eigenvalue weighted by Gasteiger charge is -2.38. The minimum absolute atomic E-state index is 0.213. The summed E-state index contributed by atoms with van der Waals surface area (Å²) in [7, 11) is 0. The largest absolute Gasteiger partial charge is 0.317 e. The lowest BCUT2D eigenvalue weighted by molar-refractivity contribution is -0.128. The number of hydrogen-bond acceptors (Lipinski definition) is 5. The van der Waals surface area contributed by atoms with E-state index in [1.54, 1.807) is 22.7 Å². The third-order valence-electron chi connectivity index (χ3n) is 7.00. The van der Waals surface area contributed by atoms with Crippen molar-refractivity contribution in [1.29, 1.82) is 5.26 Å². The smallest absolute Gasteiger partial charge is 0.231 e. The average Bonchev–Trinajstić information content (AvgIpc) is 3.39. The Morgan fingerprint density at radius 2 is 2.00 bits per heavy atom. The predicted octanol–water partition coefficient (Wildman–Crippen LogP) is 6.17. The highest BCUT2D eigenvalue weighted by atomic mass is 32.1. The van der Waals surface area contributed by atoms with Crippen molar-refractivity contribution in [3.05, 3.63) is 52.4 Å². The zero-order valence-corrected chi connectivity index (χ0v) is 19.3. The van der Waals surface area contributed by atoms with E-state index in [1.165, 1.54) is 26.9 Å². The number of nitriles is 1. The van der Waals surface area contributed by atoms with Gasteiger partial charge in [-0.3, -0.25) is 9.69 Å². The lowest BCUT2D eigenvalue weighted by atomic mass is 9.71. The molecule has 2 aliphatic rings. The Morgan fingerprint density at radius 1 is 1.13 bits per heavy atom. The SMILES string of the molecule is N#Cc1ccc2c(c1)CN(CCC1(C(=O)Nc3cc4sccc4s3)CCCCC1)CC2. The Hall–Kier alpha value is -2.20. The van der Waals surface area contributed by atoms with E-state index in [0.717, 1.165) is 68.7 Å². The summed E-state index contributed by atoms with van der Waals surface area (Å²) < 4.78 is 2.50. The second-order valence-corrected chi connectivity index (χ2v) is 11.0. The van der Waals surface area contributed by atoms with Gasteiger partial charge in [0.05, 0.1) is 22.0 Å². The molecule has 0 radical (unpaired) electrons. The number of thiophene rings is 2. The molecule has 6 heteroatoms. The fourth-order valence-electron chi connectivity index (χ4n) is 5.14. The normalized spacial score (nSPS) is 18.4. The molecule has 3 aromatic rings. The number of hydrogen-bond donors (Lipinski definition) is 1. The molecule has 0 saturated heterocycles. The maximum absolute atomic E-state index is 13.5. The van der Waals surface area contributed by atoms with E-state index in [1.807, 2.05) is 12.1 Å². The molecule has 0 bridgehead atoms. The van der Waals surface area contributed by atoms with Gasteiger partial charge in [-0.2, -0.15) is 5.26 Å². The van der Waals surface area contributed by atoms with Gasteiger partial charge in [0.25, 0.3) is 0 Å². The van der Waals surface area contributed by atoms with E-state index in [-0.39, 0.29) is 11.3 Å². The van der Waals surface area contributed by atoms with Gasteiger partial charge in [0.2, 0.25) is 5.91 Å². The molecule has 0 atom stereocenters. The van der Waals surface area contributed by atoms with Crippen molar-refractivity contribution in [2.45, 2.75) is 51.5 Å². The molecule has 5 rings (SSSR count). The molecule has 1 saturated carbocycles. The summed E-state index contributed by atoms with van der Waals surface area (Å²) in [6.07, 6.45) is 7.42. The quantitative estimate of drug-likeness (QED) is 0.507. The highest BCUT2D eigenvalue weighted by Gasteiger charge is 2.39. The fourth-order valence-corrected chi connectivity index (χ4v) is 7.14. The minimum atomic E-state index is -0.259. The third kappa shape index (κ3) is 4.27. The summed E-state index contributed by atoms with van der Waals surface area (Å²) in [5, 5.41) is 15.6. The van der Waals surface area contributed by atoms with E-state index < -0.39 is 0 Å². The number of rotatable bonds is 5. The Balaban J connectivity index is 1.28. The van der Waals surface area contributed by atoms with Crippen LogP contribution in [0.5, 0.6) is 0 Å². The fraction of sp³-hybridized carbons (Fsp3) is 0.440. The van der Waals surface area contributed by atoms with E-state index in [0.29, 0.717) is 0 Å². The van der Waals surface area contributed by atoms with Crippen LogP contribution in [-0.4, -0.2) is 23.9 Å². The van der Waals surface area contributed by atoms with Crippen molar-refractivity contribution >= 4 is 43.0 Å². The van der Waals surface area contributed by atoms with Gasteiger partial charge in [-0.25, -0.2) is 0 Å². The first-order valence-electron chi connectivity index (χ1n) is 11.2. The van der Waals surface area contributed by atoms with Gasteiger partial charge in [-0.15, -0.1) is 22.7 Å². The molecule has 0 unspecified atom stereocenters. The third-order valence-corrected chi connectivity index (χ3v) is 9.01. The van der Waals surface area contributed by atoms with Gasteiger partial charge >= 0.3 is 0 Å². The highest BCUT2D eigenvalue weighted by molar-refractivity contribution is 7.29. The Labute approximate surface area is 191 Å². The molecule has 1 aromatic carbocycles. The van der Waals surface area contributed by atoms with E-state index >= 15 is 0 Å². The Kier molecular flexibility index (Phi) is 5.83. The topological polar surface area (TPSA) is 56.1 Å². The van der Waals surface area contributed by atoms with Crippen molar-refractivity contribution in [3.8, 4) is 6.07 Å². The number of nitrogens with one attached hydrogen (secondary N) is 1. The van der Waals surface area contributed by atoms with Gasteiger partial charge in [0.15, 0.2) is 0 Å². The first kappa shape index (κ1) is 20.7. The maximum atomic E-state index is 13.5. The summed E-state index contributed by atoms with van der Waals surface area (Å²) >= 11 is 3.41. The van der Waals surface area contributed by atoms with Crippen LogP contribution in [0.25, 0.3) is 9.40 Å². The van der Waals surface area contributed by atoms with E-state index in [2.05, 4.69) is 39.9 Å². The van der Waals surface area contributed by atoms with Gasteiger partial charge in [0.1, 0.15) is 0 Å². The highest BCUT2D eigenvalue weighted by Crippen LogP contribution is 2.42. The molecule has 31 heavy (non-hydrogen) atoms. The van der Waals surface area contributed by atoms with Crippen molar-refractivity contribution < 1.29 is 4.79 Å². The summed E-state index contributed by atoms with van der Waals surface area (Å²) in [5.74, 6) is 0.213. The molecule has 160 valence electrons. The predicted molar refractivity (Wildman–Crippen MR) is 129 cm³/mol. The number of benzene rings is 1. The first-order valence-corrected chi connectivity index (χ1v) is 12.9. The van der Waals surface area contributed by atoms with Crippen LogP contribution in [0.1, 0.15) is 55.2 Å². The molecule has 1 aliphatic carbocycles. The molecule has 1 aliphatic heterocycles. The minimum Gasteiger partial charge on any atom is -0.317 e. The van der Waals surface area contributed by atoms with Crippen molar-refractivity contribution in [2.75, 3.05) is 18.4 Å². The number of amides is 1. The molecule has 1 fully saturated rings. The van der Waals surface area contributed by atoms with Crippen molar-refractivity contribution in [1.82, 2.24) is 4.90 Å². The van der Waals surface area contributed by atoms with Crippen LogP contribution >= 0.6 is 22.7 Å². The summed E-state index contributed by atoms with van der Waals surface area (Å²) in [5.41, 5.74) is 3.11. The van der Waals surface area contributed by atoms with E-state index in [9.17, 15) is 10.1 Å². The second kappa shape index (κ2) is 8.74. The summed E-state index contributed by atoms with van der Waals surface area (Å²) in [6.45, 7) is 2.84. The molecule has 3 heterocycles. The monoisotopic (exact) mass is 449 g/mol. The maximum Gasteiger partial charge on any atom is 0.231 e. The first-order chi connectivity index (χ1) is 15.1. The van der Waals surface area contributed by atoms with Crippen LogP contribution in [-0.2, 0) is 17.8 Å². The van der Waals surface area contributed by atoms with Gasteiger partial charge in [-0.1, -0.05) is 25.3 Å². The van der Waals surface area contributed by atoms with Gasteiger partial charge in [-0.05, 0) is 73.0 Å². The van der Waals surface area contributed by atoms with Gasteiger partial charge < -0.3 is 5.32 Å². The zero-order chi connectivity index (χ0) is 21.3. The number of carbonyl (C=O) groups excluding carboxylic acids is 1. The lowest BCUT2D eigenvalue weighted by Crippen LogP contribution is -2.42. The zero-order valence-electron chi connectivity index (χ0n) is 17.7. The van der Waals surface area contributed by atoms with Crippen molar-refractivity contribution in [3.63, 3.8) is 0 Å². The Bertz CT molecular complexity index is 1100. The van der Waals surface area contributed by atoms with Crippen LogP contribution in [0.3, 0.4) is 0 Å². The van der Waals surface area contributed by atoms with Crippen LogP contribution in [0.15, 0.2) is 35.7 Å². The van der Waals surface area contributed by atoms with E-state index in [4.69, 9.17) is 0 Å². The van der Waals surface area contributed by atoms with Crippen LogP contribution in [0, 0.1) is 16.7 Å². The van der Waals surface area contributed by atoms with Crippen LogP contribution in [0.2, 0.25) is 0 Å². The second-order valence-electron chi connectivity index (χ2n) is 8.93. The molecule has 1 amide bonds. The van der Waals surface area contributed by atoms with Crippen LogP contribution < -0.4 is 5.32 Å². The summed E-state index contributed by atoms with van der Waals surface area (Å²) in [6, 6.07) is 12.6. The average molecular weight is 450 g/mol. The number of anilines is 1. The standard InChI is InChI=1S/C25H27N3OS2/c26-16-18-4-5-19-6-11-28(17-20(19)14-18)12-10-25(8-2-1-3-9-25)24(29)27-23-15-22-21(31-23)7-13-30-22/h4-5,7,13-15H,1-3,6,8-12,17H2,(H,27,29). The molecular weight excluding hydrogens is 422 g/mol. The van der Waals surface area contributed by atoms with Crippen LogP contribution in [0.4, 0.5) is 5.00 Å². The summed E-state index contributed by atoms with van der Waals surface area (Å²) in [4.78, 5) is 16.0. The number of nitrogens with zero attached hydrogens (tertiary/aromatic N) is 2. The van der Waals surface area contributed by atoms with Crippen molar-refractivity contribution in [2.24, 2.45) is 5.41 Å². The number of carbonyl (C=O) groups is 1. The number of fused-ring (bicyclic) bond motifs is 2.